The van der Waals surface area contributed by atoms with Crippen LogP contribution in [0.5, 0.6) is 0 Å². The number of aromatic nitrogens is 1. The van der Waals surface area contributed by atoms with Gasteiger partial charge in [-0.15, -0.1) is 0 Å². The lowest BCUT2D eigenvalue weighted by Crippen LogP contribution is -2.32. The molecule has 4 heteroatoms. The number of ether oxygens (including phenoxy) is 1. The first-order chi connectivity index (χ1) is 9.96. The van der Waals surface area contributed by atoms with Crippen LogP contribution in [0.1, 0.15) is 26.3 Å². The highest BCUT2D eigenvalue weighted by atomic mass is 16.6. The maximum absolute atomic E-state index is 11.5. The van der Waals surface area contributed by atoms with Gasteiger partial charge < -0.3 is 10.1 Å². The minimum atomic E-state index is -0.503. The van der Waals surface area contributed by atoms with Gasteiger partial charge in [0.05, 0.1) is 17.6 Å². The Morgan fingerprint density at radius 3 is 2.81 bits per heavy atom. The first-order valence-corrected chi connectivity index (χ1v) is 6.75. The lowest BCUT2D eigenvalue weighted by atomic mass is 10.1. The molecule has 0 spiro atoms. The number of carbonyl (C=O) groups excluding carboxylic acids is 1. The van der Waals surface area contributed by atoms with E-state index in [0.717, 1.165) is 16.5 Å². The van der Waals surface area contributed by atoms with Gasteiger partial charge in [0.1, 0.15) is 5.60 Å². The Labute approximate surface area is 124 Å². The number of para-hydroxylation sites is 1. The van der Waals surface area contributed by atoms with Crippen molar-refractivity contribution in [3.05, 3.63) is 42.1 Å². The van der Waals surface area contributed by atoms with E-state index in [4.69, 9.17) is 4.74 Å². The van der Waals surface area contributed by atoms with Gasteiger partial charge in [-0.2, -0.15) is 0 Å². The summed E-state index contributed by atoms with van der Waals surface area (Å²) in [6.07, 6.45) is 1.28. The van der Waals surface area contributed by atoms with Crippen LogP contribution >= 0.6 is 0 Å². The number of nitrogens with one attached hydrogen (secondary N) is 1. The van der Waals surface area contributed by atoms with Crippen molar-refractivity contribution in [2.75, 3.05) is 6.54 Å². The van der Waals surface area contributed by atoms with Gasteiger partial charge in [-0.3, -0.25) is 4.98 Å². The summed E-state index contributed by atoms with van der Waals surface area (Å²) < 4.78 is 5.13. The zero-order valence-corrected chi connectivity index (χ0v) is 12.4. The first-order valence-electron chi connectivity index (χ1n) is 6.75. The SMILES string of the molecule is CC(C)(C)OC(=O)NCC#Cc1cccc2cccnc12. The zero-order chi connectivity index (χ0) is 15.3. The summed E-state index contributed by atoms with van der Waals surface area (Å²) in [6.45, 7) is 5.69. The van der Waals surface area contributed by atoms with Crippen molar-refractivity contribution in [2.24, 2.45) is 0 Å². The Morgan fingerprint density at radius 2 is 2.05 bits per heavy atom. The summed E-state index contributed by atoms with van der Waals surface area (Å²) in [6, 6.07) is 9.73. The molecule has 0 bridgehead atoms. The topological polar surface area (TPSA) is 51.2 Å². The van der Waals surface area contributed by atoms with Crippen LogP contribution in [0, 0.1) is 11.8 Å². The molecule has 0 fully saturated rings. The molecule has 21 heavy (non-hydrogen) atoms. The largest absolute Gasteiger partial charge is 0.444 e. The van der Waals surface area contributed by atoms with E-state index in [1.807, 2.05) is 51.1 Å². The van der Waals surface area contributed by atoms with Gasteiger partial charge in [-0.25, -0.2) is 4.79 Å². The average Bonchev–Trinajstić information content (AvgIpc) is 2.42. The minimum absolute atomic E-state index is 0.234. The van der Waals surface area contributed by atoms with E-state index < -0.39 is 11.7 Å². The molecule has 0 saturated carbocycles. The average molecular weight is 282 g/mol. The first kappa shape index (κ1) is 14.9. The molecule has 2 aromatic rings. The van der Waals surface area contributed by atoms with E-state index in [2.05, 4.69) is 22.1 Å². The number of rotatable bonds is 1. The normalized spacial score (nSPS) is 10.6. The molecule has 1 aromatic carbocycles. The van der Waals surface area contributed by atoms with E-state index in [9.17, 15) is 4.79 Å². The van der Waals surface area contributed by atoms with Crippen LogP contribution in [0.4, 0.5) is 4.79 Å². The lowest BCUT2D eigenvalue weighted by Gasteiger charge is -2.19. The molecule has 1 heterocycles. The van der Waals surface area contributed by atoms with Crippen molar-refractivity contribution >= 4 is 17.0 Å². The summed E-state index contributed by atoms with van der Waals surface area (Å²) in [5.41, 5.74) is 1.21. The van der Waals surface area contributed by atoms with Crippen molar-refractivity contribution in [2.45, 2.75) is 26.4 Å². The predicted octanol–water partition coefficient (Wildman–Crippen LogP) is 3.11. The van der Waals surface area contributed by atoms with Gasteiger partial charge in [0.15, 0.2) is 0 Å². The fourth-order valence-electron chi connectivity index (χ4n) is 1.78. The highest BCUT2D eigenvalue weighted by Crippen LogP contribution is 2.14. The monoisotopic (exact) mass is 282 g/mol. The number of alkyl carbamates (subject to hydrolysis) is 1. The second-order valence-electron chi connectivity index (χ2n) is 5.54. The van der Waals surface area contributed by atoms with Crippen LogP contribution in [0.25, 0.3) is 10.9 Å². The number of fused-ring (bicyclic) bond motifs is 1. The van der Waals surface area contributed by atoms with Gasteiger partial charge in [0.25, 0.3) is 0 Å². The molecule has 0 unspecified atom stereocenters. The molecular formula is C17H18N2O2. The number of carbonyl (C=O) groups is 1. The van der Waals surface area contributed by atoms with E-state index in [-0.39, 0.29) is 6.54 Å². The summed E-state index contributed by atoms with van der Waals surface area (Å²) >= 11 is 0. The second-order valence-corrected chi connectivity index (χ2v) is 5.54. The maximum atomic E-state index is 11.5. The second kappa shape index (κ2) is 6.27. The standard InChI is InChI=1S/C17H18N2O2/c1-17(2,3)21-16(20)19-12-6-10-14-8-4-7-13-9-5-11-18-15(13)14/h4-5,7-9,11H,12H2,1-3H3,(H,19,20). The Hall–Kier alpha value is -2.54. The Kier molecular flexibility index (Phi) is 4.44. The van der Waals surface area contributed by atoms with Gasteiger partial charge in [-0.1, -0.05) is 30.0 Å². The quantitative estimate of drug-likeness (QED) is 0.818. The van der Waals surface area contributed by atoms with Crippen molar-refractivity contribution in [1.82, 2.24) is 10.3 Å². The Balaban J connectivity index is 2.01. The third-order valence-corrected chi connectivity index (χ3v) is 2.58. The van der Waals surface area contributed by atoms with Crippen molar-refractivity contribution in [1.29, 1.82) is 0 Å². The van der Waals surface area contributed by atoms with Gasteiger partial charge in [0, 0.05) is 11.6 Å². The molecule has 1 N–H and O–H groups in total. The number of hydrogen-bond acceptors (Lipinski definition) is 3. The fourth-order valence-corrected chi connectivity index (χ4v) is 1.78. The summed E-state index contributed by atoms with van der Waals surface area (Å²) in [7, 11) is 0. The molecule has 1 amide bonds. The van der Waals surface area contributed by atoms with Gasteiger partial charge in [-0.05, 0) is 32.9 Å². The molecule has 0 saturated heterocycles. The van der Waals surface area contributed by atoms with Crippen LogP contribution < -0.4 is 5.32 Å². The number of hydrogen-bond donors (Lipinski definition) is 1. The van der Waals surface area contributed by atoms with E-state index in [0.29, 0.717) is 0 Å². The Morgan fingerprint density at radius 1 is 1.29 bits per heavy atom. The molecule has 0 aliphatic heterocycles. The van der Waals surface area contributed by atoms with Crippen molar-refractivity contribution in [3.8, 4) is 11.8 Å². The van der Waals surface area contributed by atoms with Crippen LogP contribution in [0.3, 0.4) is 0 Å². The molecule has 1 aromatic heterocycles. The summed E-state index contributed by atoms with van der Waals surface area (Å²) in [4.78, 5) is 15.8. The molecule has 0 radical (unpaired) electrons. The smallest absolute Gasteiger partial charge is 0.408 e. The molecular weight excluding hydrogens is 264 g/mol. The molecule has 0 aliphatic carbocycles. The van der Waals surface area contributed by atoms with Gasteiger partial charge in [0.2, 0.25) is 0 Å². The summed E-state index contributed by atoms with van der Waals surface area (Å²) in [5, 5.41) is 3.65. The number of amides is 1. The maximum Gasteiger partial charge on any atom is 0.408 e. The van der Waals surface area contributed by atoms with Crippen LogP contribution in [0.2, 0.25) is 0 Å². The minimum Gasteiger partial charge on any atom is -0.444 e. The van der Waals surface area contributed by atoms with Gasteiger partial charge >= 0.3 is 6.09 Å². The van der Waals surface area contributed by atoms with Crippen LogP contribution in [-0.4, -0.2) is 23.2 Å². The highest BCUT2D eigenvalue weighted by Gasteiger charge is 2.14. The fraction of sp³-hybridized carbons (Fsp3) is 0.294. The third kappa shape index (κ3) is 4.50. The van der Waals surface area contributed by atoms with E-state index in [1.54, 1.807) is 6.20 Å². The van der Waals surface area contributed by atoms with E-state index in [1.165, 1.54) is 0 Å². The number of nitrogens with zero attached hydrogens (tertiary/aromatic N) is 1. The molecule has 0 atom stereocenters. The van der Waals surface area contributed by atoms with Crippen LogP contribution in [-0.2, 0) is 4.74 Å². The summed E-state index contributed by atoms with van der Waals surface area (Å²) in [5.74, 6) is 5.93. The highest BCUT2D eigenvalue weighted by molar-refractivity contribution is 5.84. The molecule has 108 valence electrons. The number of benzene rings is 1. The number of pyridine rings is 1. The van der Waals surface area contributed by atoms with E-state index >= 15 is 0 Å². The van der Waals surface area contributed by atoms with Crippen molar-refractivity contribution < 1.29 is 9.53 Å². The molecule has 2 rings (SSSR count). The zero-order valence-electron chi connectivity index (χ0n) is 12.4. The lowest BCUT2D eigenvalue weighted by molar-refractivity contribution is 0.0535. The predicted molar refractivity (Wildman–Crippen MR) is 82.9 cm³/mol. The molecule has 4 nitrogen and oxygen atoms in total. The molecule has 0 aliphatic rings. The third-order valence-electron chi connectivity index (χ3n) is 2.58. The Bertz CT molecular complexity index is 701. The van der Waals surface area contributed by atoms with Crippen LogP contribution in [0.15, 0.2) is 36.5 Å². The van der Waals surface area contributed by atoms with Crippen molar-refractivity contribution in [3.63, 3.8) is 0 Å².